The van der Waals surface area contributed by atoms with Crippen molar-refractivity contribution in [2.75, 3.05) is 6.54 Å². The number of carbonyl (C=O) groups excluding carboxylic acids is 1. The van der Waals surface area contributed by atoms with Gasteiger partial charge in [0.1, 0.15) is 12.2 Å². The summed E-state index contributed by atoms with van der Waals surface area (Å²) in [5.74, 6) is 2.78. The zero-order chi connectivity index (χ0) is 24.5. The Kier molecular flexibility index (Phi) is 4.89. The van der Waals surface area contributed by atoms with Gasteiger partial charge in [0.15, 0.2) is 0 Å². The van der Waals surface area contributed by atoms with Crippen molar-refractivity contribution in [3.8, 4) is 0 Å². The smallest absolute Gasteiger partial charge is 0.216 e. The van der Waals surface area contributed by atoms with Crippen molar-refractivity contribution in [2.45, 2.75) is 105 Å². The van der Waals surface area contributed by atoms with Crippen LogP contribution in [0.4, 0.5) is 0 Å². The first kappa shape index (κ1) is 23.7. The molecule has 3 radical (unpaired) electrons. The van der Waals surface area contributed by atoms with Gasteiger partial charge in [-0.15, -0.1) is 0 Å². The molecule has 2 spiro atoms. The Morgan fingerprint density at radius 1 is 1.12 bits per heavy atom. The number of aliphatic hydroxyl groups excluding tert-OH is 2. The maximum Gasteiger partial charge on any atom is 0.216 e. The lowest BCUT2D eigenvalue weighted by Gasteiger charge is -2.63. The molecule has 189 valence electrons. The van der Waals surface area contributed by atoms with Gasteiger partial charge in [-0.3, -0.25) is 4.79 Å². The number of ether oxygens (including phenoxy) is 1. The first-order valence-electron chi connectivity index (χ1n) is 13.7. The van der Waals surface area contributed by atoms with Crippen LogP contribution < -0.4 is 5.32 Å². The largest absolute Gasteiger partial charge is 0.393 e. The molecule has 0 aromatic rings. The fraction of sp³-hybridized carbons (Fsp3) is 0.862. The van der Waals surface area contributed by atoms with Gasteiger partial charge in [-0.25, -0.2) is 0 Å². The first-order chi connectivity index (χ1) is 15.8. The van der Waals surface area contributed by atoms with Crippen LogP contribution in [0.25, 0.3) is 0 Å². The van der Waals surface area contributed by atoms with Crippen LogP contribution >= 0.6 is 0 Å². The van der Waals surface area contributed by atoms with Crippen molar-refractivity contribution in [3.05, 3.63) is 18.1 Å². The Morgan fingerprint density at radius 3 is 2.56 bits per heavy atom. The highest BCUT2D eigenvalue weighted by Gasteiger charge is 2.85. The number of rotatable bonds is 2. The van der Waals surface area contributed by atoms with Crippen LogP contribution in [0.2, 0.25) is 0 Å². The molecular formula is C29H44NO4. The molecule has 5 nitrogen and oxygen atoms in total. The molecule has 6 aliphatic rings. The summed E-state index contributed by atoms with van der Waals surface area (Å²) in [4.78, 5) is 11.5. The molecule has 5 saturated carbocycles. The minimum atomic E-state index is -0.596. The summed E-state index contributed by atoms with van der Waals surface area (Å²) in [6.07, 6.45) is 9.66. The van der Waals surface area contributed by atoms with Crippen LogP contribution in [-0.4, -0.2) is 34.9 Å². The fourth-order valence-corrected chi connectivity index (χ4v) is 10.8. The van der Waals surface area contributed by atoms with Gasteiger partial charge in [0, 0.05) is 24.8 Å². The monoisotopic (exact) mass is 470 g/mol. The van der Waals surface area contributed by atoms with Gasteiger partial charge in [0.25, 0.3) is 0 Å². The lowest BCUT2D eigenvalue weighted by Crippen LogP contribution is -2.58. The number of carbonyl (C=O) groups is 1. The number of amides is 1. The molecule has 5 heteroatoms. The Morgan fingerprint density at radius 2 is 1.85 bits per heavy atom. The second kappa shape index (κ2) is 7.01. The predicted octanol–water partition coefficient (Wildman–Crippen LogP) is 4.58. The van der Waals surface area contributed by atoms with Gasteiger partial charge >= 0.3 is 0 Å². The van der Waals surface area contributed by atoms with E-state index in [1.807, 2.05) is 0 Å². The van der Waals surface area contributed by atoms with Gasteiger partial charge in [0.2, 0.25) is 5.91 Å². The van der Waals surface area contributed by atoms with E-state index in [9.17, 15) is 15.0 Å². The van der Waals surface area contributed by atoms with Crippen LogP contribution in [0.5, 0.6) is 0 Å². The molecule has 0 aromatic carbocycles. The van der Waals surface area contributed by atoms with E-state index in [1.165, 1.54) is 19.8 Å². The Hall–Kier alpha value is -0.650. The molecular weight excluding hydrogens is 426 g/mol. The molecule has 0 bridgehead atoms. The molecule has 9 atom stereocenters. The lowest BCUT2D eigenvalue weighted by atomic mass is 9.41. The minimum Gasteiger partial charge on any atom is -0.393 e. The third-order valence-corrected chi connectivity index (χ3v) is 12.6. The van der Waals surface area contributed by atoms with Crippen molar-refractivity contribution >= 4 is 5.91 Å². The van der Waals surface area contributed by atoms with E-state index in [4.69, 9.17) is 4.74 Å². The summed E-state index contributed by atoms with van der Waals surface area (Å²) < 4.78 is 6.47. The molecule has 6 rings (SSSR count). The zero-order valence-electron chi connectivity index (χ0n) is 22.0. The Labute approximate surface area is 205 Å². The van der Waals surface area contributed by atoms with Crippen LogP contribution in [0.1, 0.15) is 92.9 Å². The third-order valence-electron chi connectivity index (χ3n) is 12.6. The van der Waals surface area contributed by atoms with Crippen LogP contribution in [-0.2, 0) is 9.53 Å². The SMILES string of the molecule is CC(=O)NC[C]1C[C@@H](C)[C@H]2[C](O1)[C@H](O)[C@@]1(C)[C]3CC[C@H]4C(C)(C)C(O)CC[C@@]45C[C@@]35CC[C@]21C. The van der Waals surface area contributed by atoms with Crippen LogP contribution in [0.3, 0.4) is 0 Å². The van der Waals surface area contributed by atoms with E-state index in [2.05, 4.69) is 39.9 Å². The molecule has 1 saturated heterocycles. The van der Waals surface area contributed by atoms with E-state index >= 15 is 0 Å². The number of aliphatic hydroxyl groups is 2. The standard InChI is InChI=1S/C29H44NO4/c1-16-13-18(14-30-17(2)31)34-23-22(16)26(5)11-12-29-15-28(29)10-9-21(32)25(3,4)19(28)7-8-20(29)27(26,6)24(23)33/h16,19,21-22,24,32-33H,7-15H2,1-6H3,(H,30,31)/t16-,19+,21?,22+,24+,26-,27-,28-,29+/m1/s1. The van der Waals surface area contributed by atoms with E-state index in [1.54, 1.807) is 5.92 Å². The molecule has 0 aromatic heterocycles. The highest BCUT2D eigenvalue weighted by atomic mass is 16.5. The average Bonchev–Trinajstić information content (AvgIpc) is 3.40. The topological polar surface area (TPSA) is 78.8 Å². The first-order valence-corrected chi connectivity index (χ1v) is 13.7. The van der Waals surface area contributed by atoms with E-state index in [0.717, 1.165) is 50.7 Å². The molecule has 1 amide bonds. The van der Waals surface area contributed by atoms with E-state index < -0.39 is 6.10 Å². The maximum atomic E-state index is 12.0. The summed E-state index contributed by atoms with van der Waals surface area (Å²) >= 11 is 0. The van der Waals surface area contributed by atoms with Gasteiger partial charge < -0.3 is 20.3 Å². The van der Waals surface area contributed by atoms with Gasteiger partial charge in [-0.05, 0) is 90.8 Å². The second-order valence-corrected chi connectivity index (χ2v) is 14.0. The number of hydrogen-bond acceptors (Lipinski definition) is 4. The fourth-order valence-electron chi connectivity index (χ4n) is 10.8. The zero-order valence-corrected chi connectivity index (χ0v) is 22.0. The highest BCUT2D eigenvalue weighted by Crippen LogP contribution is 2.90. The van der Waals surface area contributed by atoms with Crippen molar-refractivity contribution < 1.29 is 19.7 Å². The van der Waals surface area contributed by atoms with Crippen molar-refractivity contribution in [1.82, 2.24) is 5.32 Å². The normalized spacial score (nSPS) is 54.3. The Balaban J connectivity index is 1.34. The summed E-state index contributed by atoms with van der Waals surface area (Å²) in [6.45, 7) is 13.7. The van der Waals surface area contributed by atoms with Gasteiger partial charge in [-0.1, -0.05) is 34.6 Å². The summed E-state index contributed by atoms with van der Waals surface area (Å²) in [5, 5.41) is 25.8. The van der Waals surface area contributed by atoms with Crippen molar-refractivity contribution in [2.24, 2.45) is 44.8 Å². The molecule has 3 N–H and O–H groups in total. The molecule has 1 heterocycles. The number of hydrogen-bond donors (Lipinski definition) is 3. The molecule has 34 heavy (non-hydrogen) atoms. The second-order valence-electron chi connectivity index (χ2n) is 14.0. The lowest BCUT2D eigenvalue weighted by molar-refractivity contribution is -0.125. The third kappa shape index (κ3) is 2.55. The molecule has 1 unspecified atom stereocenters. The summed E-state index contributed by atoms with van der Waals surface area (Å²) in [7, 11) is 0. The quantitative estimate of drug-likeness (QED) is 0.552. The van der Waals surface area contributed by atoms with Crippen LogP contribution in [0, 0.1) is 63.0 Å². The molecule has 5 aliphatic carbocycles. The van der Waals surface area contributed by atoms with Gasteiger partial charge in [0.05, 0.1) is 12.2 Å². The minimum absolute atomic E-state index is 0.0123. The van der Waals surface area contributed by atoms with Crippen molar-refractivity contribution in [3.63, 3.8) is 0 Å². The van der Waals surface area contributed by atoms with Gasteiger partial charge in [-0.2, -0.15) is 0 Å². The average molecular weight is 471 g/mol. The summed E-state index contributed by atoms with van der Waals surface area (Å²) in [5.41, 5.74) is 0.236. The number of fused-ring (bicyclic) bond motifs is 4. The maximum absolute atomic E-state index is 12.0. The van der Waals surface area contributed by atoms with Crippen LogP contribution in [0.15, 0.2) is 0 Å². The van der Waals surface area contributed by atoms with E-state index in [0.29, 0.717) is 23.8 Å². The Bertz CT molecular complexity index is 889. The number of nitrogens with one attached hydrogen (secondary N) is 1. The molecule has 1 aliphatic heterocycles. The highest BCUT2D eigenvalue weighted by molar-refractivity contribution is 5.72. The molecule has 6 fully saturated rings. The predicted molar refractivity (Wildman–Crippen MR) is 129 cm³/mol. The van der Waals surface area contributed by atoms with Crippen molar-refractivity contribution in [1.29, 1.82) is 0 Å². The summed E-state index contributed by atoms with van der Waals surface area (Å²) in [6, 6.07) is 0. The van der Waals surface area contributed by atoms with E-state index in [-0.39, 0.29) is 39.6 Å².